The summed E-state index contributed by atoms with van der Waals surface area (Å²) in [7, 11) is 1.34. The van der Waals surface area contributed by atoms with Gasteiger partial charge in [-0.3, -0.25) is 9.36 Å². The monoisotopic (exact) mass is 748 g/mol. The van der Waals surface area contributed by atoms with Crippen molar-refractivity contribution in [3.63, 3.8) is 0 Å². The van der Waals surface area contributed by atoms with Crippen LogP contribution in [0.5, 0.6) is 5.75 Å². The number of esters is 1. The third-order valence-corrected chi connectivity index (χ3v) is 8.50. The van der Waals surface area contributed by atoms with E-state index in [2.05, 4.69) is 50.2 Å². The number of nitrogens with zero attached hydrogens (tertiary/aromatic N) is 2. The van der Waals surface area contributed by atoms with Crippen LogP contribution in [0, 0.1) is 7.14 Å². The molecule has 0 saturated carbocycles. The molecule has 0 saturated heterocycles. The van der Waals surface area contributed by atoms with Gasteiger partial charge >= 0.3 is 5.97 Å². The zero-order valence-electron chi connectivity index (χ0n) is 20.5. The highest BCUT2D eigenvalue weighted by atomic mass is 127. The van der Waals surface area contributed by atoms with E-state index in [0.717, 1.165) is 23.8 Å². The van der Waals surface area contributed by atoms with Gasteiger partial charge in [0.05, 0.1) is 32.5 Å². The van der Waals surface area contributed by atoms with Crippen LogP contribution in [0.15, 0.2) is 93.9 Å². The van der Waals surface area contributed by atoms with Gasteiger partial charge in [0.2, 0.25) is 0 Å². The Morgan fingerprint density at radius 1 is 1.08 bits per heavy atom. The van der Waals surface area contributed by atoms with Crippen LogP contribution >= 0.6 is 56.5 Å². The molecular formula is C29H22I2N2O4S. The fourth-order valence-electron chi connectivity index (χ4n) is 4.35. The van der Waals surface area contributed by atoms with Gasteiger partial charge in [0, 0.05) is 9.13 Å². The van der Waals surface area contributed by atoms with E-state index in [4.69, 9.17) is 9.47 Å². The number of aromatic nitrogens is 1. The molecule has 1 unspecified atom stereocenters. The number of halogens is 2. The van der Waals surface area contributed by atoms with Crippen molar-refractivity contribution < 1.29 is 14.3 Å². The van der Waals surface area contributed by atoms with Gasteiger partial charge in [0.25, 0.3) is 5.56 Å². The maximum atomic E-state index is 13.9. The lowest BCUT2D eigenvalue weighted by molar-refractivity contribution is -0.136. The highest BCUT2D eigenvalue weighted by Crippen LogP contribution is 2.31. The minimum absolute atomic E-state index is 0.223. The number of hydrogen-bond donors (Lipinski definition) is 0. The molecule has 2 heterocycles. The lowest BCUT2D eigenvalue weighted by atomic mass is 9.96. The molecule has 1 atom stereocenters. The SMILES string of the molecule is COC(=O)C1=C(C)N=c2sc(=Cc3cc(I)cc(I)c3OCc3ccccc3)c(=O)n2C1c1ccccc1. The third kappa shape index (κ3) is 5.36. The summed E-state index contributed by atoms with van der Waals surface area (Å²) in [5, 5.41) is 0. The number of thiazole rings is 1. The first kappa shape index (κ1) is 26.8. The molecule has 9 heteroatoms. The molecule has 0 aliphatic carbocycles. The number of ether oxygens (including phenoxy) is 2. The van der Waals surface area contributed by atoms with E-state index in [-0.39, 0.29) is 5.56 Å². The summed E-state index contributed by atoms with van der Waals surface area (Å²) in [5.41, 5.74) is 3.34. The minimum Gasteiger partial charge on any atom is -0.487 e. The molecule has 0 N–H and O–H groups in total. The molecule has 0 fully saturated rings. The second-order valence-electron chi connectivity index (χ2n) is 8.56. The maximum absolute atomic E-state index is 13.9. The van der Waals surface area contributed by atoms with Gasteiger partial charge in [-0.25, -0.2) is 9.79 Å². The quantitative estimate of drug-likeness (QED) is 0.201. The Balaban J connectivity index is 1.66. The van der Waals surface area contributed by atoms with E-state index in [9.17, 15) is 9.59 Å². The van der Waals surface area contributed by atoms with Crippen molar-refractivity contribution in [1.82, 2.24) is 4.57 Å². The van der Waals surface area contributed by atoms with Crippen molar-refractivity contribution in [3.05, 3.63) is 128 Å². The predicted molar refractivity (Wildman–Crippen MR) is 165 cm³/mol. The van der Waals surface area contributed by atoms with Gasteiger partial charge in [-0.2, -0.15) is 0 Å². The summed E-state index contributed by atoms with van der Waals surface area (Å²) in [4.78, 5) is 31.9. The van der Waals surface area contributed by atoms with Gasteiger partial charge in [-0.15, -0.1) is 0 Å². The van der Waals surface area contributed by atoms with Crippen LogP contribution in [0.25, 0.3) is 6.08 Å². The Bertz CT molecular complexity index is 1730. The Hall–Kier alpha value is -2.77. The van der Waals surface area contributed by atoms with E-state index in [0.29, 0.717) is 33.0 Å². The van der Waals surface area contributed by atoms with Crippen LogP contribution in [0.3, 0.4) is 0 Å². The van der Waals surface area contributed by atoms with E-state index in [1.54, 1.807) is 11.5 Å². The fourth-order valence-corrected chi connectivity index (χ4v) is 7.44. The molecule has 0 radical (unpaired) electrons. The molecule has 38 heavy (non-hydrogen) atoms. The fraction of sp³-hybridized carbons (Fsp3) is 0.138. The van der Waals surface area contributed by atoms with Gasteiger partial charge in [-0.05, 0) is 81.4 Å². The highest BCUT2D eigenvalue weighted by Gasteiger charge is 2.33. The molecule has 0 amide bonds. The molecule has 4 aromatic rings. The van der Waals surface area contributed by atoms with Crippen LogP contribution in [0.4, 0.5) is 0 Å². The Morgan fingerprint density at radius 3 is 2.45 bits per heavy atom. The topological polar surface area (TPSA) is 69.9 Å². The summed E-state index contributed by atoms with van der Waals surface area (Å²) in [6.07, 6.45) is 1.85. The number of allylic oxidation sites excluding steroid dienone is 1. The number of carbonyl (C=O) groups excluding carboxylic acids is 1. The first-order chi connectivity index (χ1) is 18.4. The average molecular weight is 748 g/mol. The van der Waals surface area contributed by atoms with Gasteiger partial charge in [-0.1, -0.05) is 72.0 Å². The van der Waals surface area contributed by atoms with Crippen molar-refractivity contribution in [1.29, 1.82) is 0 Å². The second kappa shape index (κ2) is 11.5. The lowest BCUT2D eigenvalue weighted by Crippen LogP contribution is -2.39. The third-order valence-electron chi connectivity index (χ3n) is 6.09. The minimum atomic E-state index is -0.633. The summed E-state index contributed by atoms with van der Waals surface area (Å²) < 4.78 is 15.4. The number of rotatable bonds is 6. The van der Waals surface area contributed by atoms with Crippen LogP contribution in [0.2, 0.25) is 0 Å². The van der Waals surface area contributed by atoms with Crippen molar-refractivity contribution in [2.75, 3.05) is 7.11 Å². The van der Waals surface area contributed by atoms with Crippen molar-refractivity contribution in [2.24, 2.45) is 4.99 Å². The number of benzene rings is 3. The summed E-state index contributed by atoms with van der Waals surface area (Å²) in [6, 6.07) is 22.9. The molecule has 0 bridgehead atoms. The van der Waals surface area contributed by atoms with Crippen LogP contribution in [0.1, 0.15) is 29.7 Å². The lowest BCUT2D eigenvalue weighted by Gasteiger charge is -2.24. The van der Waals surface area contributed by atoms with Gasteiger partial charge in [0.1, 0.15) is 12.4 Å². The van der Waals surface area contributed by atoms with Crippen molar-refractivity contribution >= 4 is 68.6 Å². The van der Waals surface area contributed by atoms with Gasteiger partial charge < -0.3 is 9.47 Å². The normalized spacial score (nSPS) is 15.2. The smallest absolute Gasteiger partial charge is 0.338 e. The molecule has 6 nitrogen and oxygen atoms in total. The summed E-state index contributed by atoms with van der Waals surface area (Å²) >= 11 is 5.83. The van der Waals surface area contributed by atoms with Crippen molar-refractivity contribution in [2.45, 2.75) is 19.6 Å². The first-order valence-electron chi connectivity index (χ1n) is 11.7. The zero-order valence-corrected chi connectivity index (χ0v) is 25.6. The molecule has 1 aromatic heterocycles. The molecule has 192 valence electrons. The summed E-state index contributed by atoms with van der Waals surface area (Å²) in [5.74, 6) is 0.213. The molecule has 1 aliphatic heterocycles. The first-order valence-corrected chi connectivity index (χ1v) is 14.7. The molecule has 1 aliphatic rings. The maximum Gasteiger partial charge on any atom is 0.338 e. The second-order valence-corrected chi connectivity index (χ2v) is 12.0. The van der Waals surface area contributed by atoms with E-state index < -0.39 is 12.0 Å². The standard InChI is InChI=1S/C29H22I2N2O4S/c1-17-24(28(35)36-2)25(19-11-7-4-8-12-19)33-27(34)23(38-29(33)32-17)14-20-13-21(30)15-22(31)26(20)37-16-18-9-5-3-6-10-18/h3-15,25H,16H2,1-2H3. The molecular weight excluding hydrogens is 726 g/mol. The average Bonchev–Trinajstić information content (AvgIpc) is 3.22. The predicted octanol–water partition coefficient (Wildman–Crippen LogP) is 5.20. The summed E-state index contributed by atoms with van der Waals surface area (Å²) in [6.45, 7) is 2.19. The number of hydrogen-bond acceptors (Lipinski definition) is 6. The Labute approximate surface area is 250 Å². The number of fused-ring (bicyclic) bond motifs is 1. The highest BCUT2D eigenvalue weighted by molar-refractivity contribution is 14.1. The van der Waals surface area contributed by atoms with Crippen LogP contribution < -0.4 is 19.6 Å². The molecule has 0 spiro atoms. The molecule has 3 aromatic carbocycles. The number of methoxy groups -OCH3 is 1. The Kier molecular flexibility index (Phi) is 8.15. The van der Waals surface area contributed by atoms with Gasteiger partial charge in [0.15, 0.2) is 4.80 Å². The van der Waals surface area contributed by atoms with Crippen LogP contribution in [-0.4, -0.2) is 17.6 Å². The van der Waals surface area contributed by atoms with E-state index in [1.807, 2.05) is 78.9 Å². The van der Waals surface area contributed by atoms with Crippen molar-refractivity contribution in [3.8, 4) is 5.75 Å². The number of carbonyl (C=O) groups is 1. The van der Waals surface area contributed by atoms with E-state index >= 15 is 0 Å². The Morgan fingerprint density at radius 2 is 1.76 bits per heavy atom. The largest absolute Gasteiger partial charge is 0.487 e. The van der Waals surface area contributed by atoms with Crippen LogP contribution in [-0.2, 0) is 16.1 Å². The zero-order chi connectivity index (χ0) is 26.8. The van der Waals surface area contributed by atoms with E-state index in [1.165, 1.54) is 18.4 Å². The molecule has 5 rings (SSSR count).